The van der Waals surface area contributed by atoms with Crippen LogP contribution in [0.25, 0.3) is 10.4 Å². The second kappa shape index (κ2) is 5.66. The summed E-state index contributed by atoms with van der Waals surface area (Å²) in [6, 6.07) is 6.03. The van der Waals surface area contributed by atoms with Crippen molar-refractivity contribution in [2.24, 2.45) is 0 Å². The summed E-state index contributed by atoms with van der Waals surface area (Å²) in [5.74, 6) is -0.957. The fourth-order valence-corrected chi connectivity index (χ4v) is 2.81. The minimum Gasteiger partial charge on any atom is -0.456 e. The van der Waals surface area contributed by atoms with Gasteiger partial charge in [-0.1, -0.05) is 17.7 Å². The molecule has 0 spiro atoms. The average Bonchev–Trinajstić information content (AvgIpc) is 2.73. The normalized spacial score (nSPS) is 11.5. The van der Waals surface area contributed by atoms with E-state index in [1.807, 2.05) is 0 Å². The first-order chi connectivity index (χ1) is 9.67. The van der Waals surface area contributed by atoms with Crippen molar-refractivity contribution in [3.8, 4) is 10.4 Å². The topological polar surface area (TPSA) is 52.3 Å². The van der Waals surface area contributed by atoms with Gasteiger partial charge in [-0.05, 0) is 44.5 Å². The summed E-state index contributed by atoms with van der Waals surface area (Å²) in [4.78, 5) is 13.1. The molecule has 6 heteroatoms. The fraction of sp³-hybridized carbons (Fsp3) is 0.267. The van der Waals surface area contributed by atoms with Gasteiger partial charge in [-0.2, -0.15) is 0 Å². The quantitative estimate of drug-likeness (QED) is 0.810. The van der Waals surface area contributed by atoms with Crippen molar-refractivity contribution in [2.75, 3.05) is 5.73 Å². The highest BCUT2D eigenvalue weighted by Crippen LogP contribution is 2.35. The highest BCUT2D eigenvalue weighted by atomic mass is 35.5. The van der Waals surface area contributed by atoms with Gasteiger partial charge in [-0.3, -0.25) is 0 Å². The molecule has 2 aromatic rings. The first-order valence-corrected chi connectivity index (χ1v) is 7.45. The summed E-state index contributed by atoms with van der Waals surface area (Å²) in [7, 11) is 0. The summed E-state index contributed by atoms with van der Waals surface area (Å²) >= 11 is 6.96. The van der Waals surface area contributed by atoms with Gasteiger partial charge >= 0.3 is 5.97 Å². The van der Waals surface area contributed by atoms with Crippen LogP contribution in [0, 0.1) is 5.82 Å². The number of rotatable bonds is 2. The lowest BCUT2D eigenvalue weighted by Gasteiger charge is -2.18. The highest BCUT2D eigenvalue weighted by molar-refractivity contribution is 7.18. The van der Waals surface area contributed by atoms with Crippen LogP contribution < -0.4 is 5.73 Å². The van der Waals surface area contributed by atoms with Crippen molar-refractivity contribution in [2.45, 2.75) is 26.4 Å². The van der Waals surface area contributed by atoms with E-state index in [4.69, 9.17) is 22.1 Å². The molecule has 0 aliphatic carbocycles. The van der Waals surface area contributed by atoms with Crippen LogP contribution in [-0.4, -0.2) is 11.6 Å². The molecule has 1 aromatic carbocycles. The van der Waals surface area contributed by atoms with E-state index in [2.05, 4.69) is 0 Å². The Kier molecular flexibility index (Phi) is 4.25. The number of nitrogen functional groups attached to an aromatic ring is 1. The number of nitrogens with two attached hydrogens (primary N) is 1. The molecule has 21 heavy (non-hydrogen) atoms. The molecule has 2 rings (SSSR count). The zero-order valence-corrected chi connectivity index (χ0v) is 13.4. The Bertz CT molecular complexity index is 691. The maximum atomic E-state index is 13.2. The van der Waals surface area contributed by atoms with Gasteiger partial charge < -0.3 is 10.5 Å². The van der Waals surface area contributed by atoms with Crippen LogP contribution in [-0.2, 0) is 4.74 Å². The van der Waals surface area contributed by atoms with Gasteiger partial charge in [0, 0.05) is 4.88 Å². The third-order valence-corrected chi connectivity index (χ3v) is 4.02. The monoisotopic (exact) mass is 327 g/mol. The molecule has 0 bridgehead atoms. The van der Waals surface area contributed by atoms with Crippen LogP contribution in [0.1, 0.15) is 30.4 Å². The first kappa shape index (κ1) is 15.8. The van der Waals surface area contributed by atoms with E-state index in [1.54, 1.807) is 32.9 Å². The standard InChI is InChI=1S/C15H15ClFNO2S/c1-15(2,3)20-14(19)13-11(18)7-12(21-13)8-4-5-10(17)9(16)6-8/h4-7H,18H2,1-3H3. The summed E-state index contributed by atoms with van der Waals surface area (Å²) in [6.45, 7) is 5.36. The molecule has 0 radical (unpaired) electrons. The van der Waals surface area contributed by atoms with E-state index in [0.29, 0.717) is 16.1 Å². The van der Waals surface area contributed by atoms with Crippen molar-refractivity contribution in [1.82, 2.24) is 0 Å². The molecular weight excluding hydrogens is 313 g/mol. The minimum absolute atomic E-state index is 0.0262. The number of benzene rings is 1. The van der Waals surface area contributed by atoms with Crippen molar-refractivity contribution < 1.29 is 13.9 Å². The predicted molar refractivity (Wildman–Crippen MR) is 84.3 cm³/mol. The Hall–Kier alpha value is -1.59. The van der Waals surface area contributed by atoms with Crippen LogP contribution in [0.15, 0.2) is 24.3 Å². The van der Waals surface area contributed by atoms with Gasteiger partial charge in [-0.15, -0.1) is 11.3 Å². The van der Waals surface area contributed by atoms with Gasteiger partial charge in [0.2, 0.25) is 0 Å². The molecular formula is C15H15ClFNO2S. The number of hydrogen-bond donors (Lipinski definition) is 1. The summed E-state index contributed by atoms with van der Waals surface area (Å²) in [5, 5.41) is 0.0262. The zero-order valence-electron chi connectivity index (χ0n) is 11.9. The lowest BCUT2D eigenvalue weighted by atomic mass is 10.2. The molecule has 0 amide bonds. The number of carbonyl (C=O) groups is 1. The second-order valence-corrected chi connectivity index (χ2v) is 6.99. The largest absolute Gasteiger partial charge is 0.456 e. The summed E-state index contributed by atoms with van der Waals surface area (Å²) < 4.78 is 18.5. The molecule has 0 atom stereocenters. The van der Waals surface area contributed by atoms with Crippen LogP contribution >= 0.6 is 22.9 Å². The van der Waals surface area contributed by atoms with E-state index < -0.39 is 17.4 Å². The molecule has 112 valence electrons. The number of esters is 1. The Balaban J connectivity index is 2.34. The number of hydrogen-bond acceptors (Lipinski definition) is 4. The number of anilines is 1. The predicted octanol–water partition coefficient (Wildman–Crippen LogP) is 4.75. The van der Waals surface area contributed by atoms with Crippen LogP contribution in [0.5, 0.6) is 0 Å². The molecule has 0 aliphatic heterocycles. The lowest BCUT2D eigenvalue weighted by molar-refractivity contribution is 0.00764. The number of halogens is 2. The van der Waals surface area contributed by atoms with E-state index in [-0.39, 0.29) is 5.02 Å². The third kappa shape index (κ3) is 3.74. The van der Waals surface area contributed by atoms with E-state index in [1.165, 1.54) is 23.5 Å². The smallest absolute Gasteiger partial charge is 0.350 e. The Morgan fingerprint density at radius 3 is 2.57 bits per heavy atom. The molecule has 1 heterocycles. The highest BCUT2D eigenvalue weighted by Gasteiger charge is 2.22. The molecule has 0 unspecified atom stereocenters. The van der Waals surface area contributed by atoms with Gasteiger partial charge in [0.05, 0.1) is 10.7 Å². The number of ether oxygens (including phenoxy) is 1. The van der Waals surface area contributed by atoms with E-state index >= 15 is 0 Å². The minimum atomic E-state index is -0.590. The number of carbonyl (C=O) groups excluding carboxylic acids is 1. The van der Waals surface area contributed by atoms with E-state index in [9.17, 15) is 9.18 Å². The van der Waals surface area contributed by atoms with Crippen LogP contribution in [0.4, 0.5) is 10.1 Å². The molecule has 3 nitrogen and oxygen atoms in total. The molecule has 0 fully saturated rings. The third-order valence-electron chi connectivity index (χ3n) is 2.55. The lowest BCUT2D eigenvalue weighted by Crippen LogP contribution is -2.23. The summed E-state index contributed by atoms with van der Waals surface area (Å²) in [5.41, 5.74) is 6.32. The summed E-state index contributed by atoms with van der Waals surface area (Å²) in [6.07, 6.45) is 0. The first-order valence-electron chi connectivity index (χ1n) is 6.25. The molecule has 0 saturated carbocycles. The fourth-order valence-electron chi connectivity index (χ4n) is 1.68. The van der Waals surface area contributed by atoms with E-state index in [0.717, 1.165) is 4.88 Å². The second-order valence-electron chi connectivity index (χ2n) is 5.53. The maximum Gasteiger partial charge on any atom is 0.350 e. The van der Waals surface area contributed by atoms with Crippen LogP contribution in [0.2, 0.25) is 5.02 Å². The molecule has 0 aliphatic rings. The van der Waals surface area contributed by atoms with Crippen LogP contribution in [0.3, 0.4) is 0 Å². The number of thiophene rings is 1. The Morgan fingerprint density at radius 2 is 2.00 bits per heavy atom. The van der Waals surface area contributed by atoms with Crippen molar-refractivity contribution in [3.63, 3.8) is 0 Å². The molecule has 2 N–H and O–H groups in total. The Labute approximate surface area is 131 Å². The van der Waals surface area contributed by atoms with Gasteiger partial charge in [-0.25, -0.2) is 9.18 Å². The van der Waals surface area contributed by atoms with Crippen molar-refractivity contribution in [1.29, 1.82) is 0 Å². The molecule has 1 aromatic heterocycles. The molecule has 0 saturated heterocycles. The van der Waals surface area contributed by atoms with Crippen molar-refractivity contribution >= 4 is 34.6 Å². The zero-order chi connectivity index (χ0) is 15.8. The Morgan fingerprint density at radius 1 is 1.33 bits per heavy atom. The van der Waals surface area contributed by atoms with Gasteiger partial charge in [0.1, 0.15) is 16.3 Å². The van der Waals surface area contributed by atoms with Gasteiger partial charge in [0.15, 0.2) is 0 Å². The SMILES string of the molecule is CC(C)(C)OC(=O)c1sc(-c2ccc(F)c(Cl)c2)cc1N. The average molecular weight is 328 g/mol. The van der Waals surface area contributed by atoms with Gasteiger partial charge in [0.25, 0.3) is 0 Å². The maximum absolute atomic E-state index is 13.2. The van der Waals surface area contributed by atoms with Crippen molar-refractivity contribution in [3.05, 3.63) is 40.0 Å².